The predicted octanol–water partition coefficient (Wildman–Crippen LogP) is 2.13. The van der Waals surface area contributed by atoms with E-state index in [4.69, 9.17) is 5.11 Å². The Bertz CT molecular complexity index is 845. The normalized spacial score (nSPS) is 11.7. The third-order valence-corrected chi connectivity index (χ3v) is 4.99. The fraction of sp³-hybridized carbons (Fsp3) is 0.286. The van der Waals surface area contributed by atoms with Crippen molar-refractivity contribution in [1.29, 1.82) is 0 Å². The summed E-state index contributed by atoms with van der Waals surface area (Å²) in [4.78, 5) is 14.7. The molecule has 0 saturated heterocycles. The molecule has 0 aliphatic heterocycles. The van der Waals surface area contributed by atoms with Crippen LogP contribution in [0.5, 0.6) is 0 Å². The van der Waals surface area contributed by atoms with E-state index in [2.05, 4.69) is 4.98 Å². The molecule has 0 aliphatic rings. The van der Waals surface area contributed by atoms with Gasteiger partial charge < -0.3 is 9.67 Å². The lowest BCUT2D eigenvalue weighted by molar-refractivity contribution is 0.0696. The van der Waals surface area contributed by atoms with Crippen LogP contribution in [0.2, 0.25) is 0 Å². The summed E-state index contributed by atoms with van der Waals surface area (Å²) in [6.07, 6.45) is 2.75. The van der Waals surface area contributed by atoms with Gasteiger partial charge in [0.15, 0.2) is 5.03 Å². The first-order valence-electron chi connectivity index (χ1n) is 6.70. The van der Waals surface area contributed by atoms with Gasteiger partial charge in [-0.25, -0.2) is 14.2 Å². The van der Waals surface area contributed by atoms with Crippen molar-refractivity contribution in [3.63, 3.8) is 0 Å². The maximum Gasteiger partial charge on any atom is 0.335 e. The summed E-state index contributed by atoms with van der Waals surface area (Å²) in [6, 6.07) is 3.05. The van der Waals surface area contributed by atoms with Crippen molar-refractivity contribution in [3.05, 3.63) is 42.1 Å². The molecule has 0 unspecified atom stereocenters. The van der Waals surface area contributed by atoms with Gasteiger partial charge in [-0.15, -0.1) is 0 Å². The molecule has 1 N–H and O–H groups in total. The van der Waals surface area contributed by atoms with Crippen LogP contribution in [-0.2, 0) is 10.0 Å². The highest BCUT2D eigenvalue weighted by molar-refractivity contribution is 7.92. The monoisotopic (exact) mass is 341 g/mol. The van der Waals surface area contributed by atoms with Crippen LogP contribution in [-0.4, -0.2) is 36.1 Å². The van der Waals surface area contributed by atoms with Crippen LogP contribution in [0.3, 0.4) is 0 Å². The number of hydrogen-bond acceptors (Lipinski definition) is 4. The Morgan fingerprint density at radius 2 is 2.04 bits per heavy atom. The summed E-state index contributed by atoms with van der Waals surface area (Å²) in [5.74, 6) is -2.24. The minimum atomic E-state index is -4.05. The van der Waals surface area contributed by atoms with Crippen LogP contribution in [0, 0.1) is 5.82 Å². The number of carboxylic acid groups (broad SMARTS) is 1. The number of hydrogen-bond donors (Lipinski definition) is 1. The maximum absolute atomic E-state index is 14.0. The first-order chi connectivity index (χ1) is 10.6. The largest absolute Gasteiger partial charge is 0.478 e. The van der Waals surface area contributed by atoms with Crippen LogP contribution in [0.1, 0.15) is 30.2 Å². The van der Waals surface area contributed by atoms with Crippen LogP contribution >= 0.6 is 0 Å². The Balaban J connectivity index is 2.41. The number of aromatic nitrogens is 2. The minimum absolute atomic E-state index is 0.0309. The zero-order chi connectivity index (χ0) is 17.4. The van der Waals surface area contributed by atoms with E-state index in [1.54, 1.807) is 4.57 Å². The van der Waals surface area contributed by atoms with Crippen LogP contribution in [0.15, 0.2) is 35.7 Å². The second-order valence-corrected chi connectivity index (χ2v) is 7.11. The summed E-state index contributed by atoms with van der Waals surface area (Å²) in [7, 11) is -2.86. The number of benzene rings is 1. The van der Waals surface area contributed by atoms with Crippen molar-refractivity contribution in [3.8, 4) is 0 Å². The van der Waals surface area contributed by atoms with Gasteiger partial charge in [0.1, 0.15) is 5.82 Å². The number of nitrogens with zero attached hydrogens (tertiary/aromatic N) is 3. The zero-order valence-corrected chi connectivity index (χ0v) is 13.6. The molecule has 0 bridgehead atoms. The second-order valence-electron chi connectivity index (χ2n) is 5.20. The van der Waals surface area contributed by atoms with Gasteiger partial charge in [-0.1, -0.05) is 0 Å². The summed E-state index contributed by atoms with van der Waals surface area (Å²) in [6.45, 7) is 3.73. The smallest absolute Gasteiger partial charge is 0.335 e. The number of sulfonamides is 1. The van der Waals surface area contributed by atoms with E-state index in [1.807, 2.05) is 13.8 Å². The molecule has 2 rings (SSSR count). The number of carbonyl (C=O) groups is 1. The van der Waals surface area contributed by atoms with E-state index < -0.39 is 21.8 Å². The fourth-order valence-electron chi connectivity index (χ4n) is 1.90. The predicted molar refractivity (Wildman–Crippen MR) is 81.6 cm³/mol. The van der Waals surface area contributed by atoms with Crippen LogP contribution in [0.25, 0.3) is 0 Å². The molecule has 0 fully saturated rings. The van der Waals surface area contributed by atoms with Gasteiger partial charge in [-0.05, 0) is 32.0 Å². The van der Waals surface area contributed by atoms with Crippen molar-refractivity contribution in [2.45, 2.75) is 24.9 Å². The molecule has 7 nitrogen and oxygen atoms in total. The lowest BCUT2D eigenvalue weighted by Crippen LogP contribution is -2.27. The number of imidazole rings is 1. The summed E-state index contributed by atoms with van der Waals surface area (Å²) in [5.41, 5.74) is -0.518. The highest BCUT2D eigenvalue weighted by atomic mass is 32.2. The number of rotatable bonds is 5. The molecule has 0 saturated carbocycles. The van der Waals surface area contributed by atoms with E-state index in [0.29, 0.717) is 0 Å². The Morgan fingerprint density at radius 1 is 1.39 bits per heavy atom. The molecule has 1 aromatic carbocycles. The number of aromatic carboxylic acids is 1. The highest BCUT2D eigenvalue weighted by Crippen LogP contribution is 2.25. The van der Waals surface area contributed by atoms with Gasteiger partial charge in [0.2, 0.25) is 0 Å². The Kier molecular flexibility index (Phi) is 4.42. The molecular weight excluding hydrogens is 325 g/mol. The molecule has 0 radical (unpaired) electrons. The van der Waals surface area contributed by atoms with E-state index >= 15 is 0 Å². The molecule has 1 aromatic heterocycles. The van der Waals surface area contributed by atoms with Crippen molar-refractivity contribution >= 4 is 21.7 Å². The van der Waals surface area contributed by atoms with Crippen LogP contribution < -0.4 is 4.31 Å². The average Bonchev–Trinajstić information content (AvgIpc) is 2.97. The third kappa shape index (κ3) is 3.19. The Hall–Kier alpha value is -2.42. The lowest BCUT2D eigenvalue weighted by Gasteiger charge is -2.18. The van der Waals surface area contributed by atoms with E-state index in [0.717, 1.165) is 22.5 Å². The summed E-state index contributed by atoms with van der Waals surface area (Å²) in [5, 5.41) is 8.61. The molecule has 0 spiro atoms. The standard InChI is InChI=1S/C14H16FN3O4S/c1-9(2)18-7-13(16-8-18)23(21,22)17(3)12-5-4-10(14(19)20)6-11(12)15/h4-9H,1-3H3,(H,19,20). The first kappa shape index (κ1) is 16.9. The van der Waals surface area contributed by atoms with Crippen molar-refractivity contribution in [1.82, 2.24) is 9.55 Å². The van der Waals surface area contributed by atoms with E-state index in [9.17, 15) is 17.6 Å². The fourth-order valence-corrected chi connectivity index (χ4v) is 3.02. The van der Waals surface area contributed by atoms with E-state index in [-0.39, 0.29) is 22.3 Å². The SMILES string of the molecule is CC(C)n1cnc(S(=O)(=O)N(C)c2ccc(C(=O)O)cc2F)c1. The van der Waals surface area contributed by atoms with Gasteiger partial charge in [0.05, 0.1) is 17.6 Å². The minimum Gasteiger partial charge on any atom is -0.478 e. The van der Waals surface area contributed by atoms with Crippen molar-refractivity contribution in [2.24, 2.45) is 0 Å². The van der Waals surface area contributed by atoms with Gasteiger partial charge in [-0.2, -0.15) is 8.42 Å². The molecule has 124 valence electrons. The van der Waals surface area contributed by atoms with Gasteiger partial charge in [0.25, 0.3) is 10.0 Å². The maximum atomic E-state index is 14.0. The molecule has 23 heavy (non-hydrogen) atoms. The van der Waals surface area contributed by atoms with Gasteiger partial charge >= 0.3 is 5.97 Å². The number of carboxylic acids is 1. The molecule has 9 heteroatoms. The van der Waals surface area contributed by atoms with Gasteiger partial charge in [0, 0.05) is 19.3 Å². The van der Waals surface area contributed by atoms with Crippen molar-refractivity contribution < 1.29 is 22.7 Å². The highest BCUT2D eigenvalue weighted by Gasteiger charge is 2.26. The van der Waals surface area contributed by atoms with Crippen LogP contribution in [0.4, 0.5) is 10.1 Å². The zero-order valence-electron chi connectivity index (χ0n) is 12.8. The average molecular weight is 341 g/mol. The first-order valence-corrected chi connectivity index (χ1v) is 8.14. The third-order valence-electron chi connectivity index (χ3n) is 3.33. The number of halogens is 1. The number of anilines is 1. The quantitative estimate of drug-likeness (QED) is 0.899. The topological polar surface area (TPSA) is 92.5 Å². The Morgan fingerprint density at radius 3 is 2.52 bits per heavy atom. The Labute approximate surface area is 133 Å². The molecule has 0 atom stereocenters. The molecule has 0 aliphatic carbocycles. The molecule has 1 heterocycles. The molecule has 2 aromatic rings. The summed E-state index contributed by atoms with van der Waals surface area (Å²) >= 11 is 0. The van der Waals surface area contributed by atoms with Crippen molar-refractivity contribution in [2.75, 3.05) is 11.4 Å². The van der Waals surface area contributed by atoms with E-state index in [1.165, 1.54) is 19.6 Å². The second kappa shape index (κ2) is 5.99. The van der Waals surface area contributed by atoms with Gasteiger partial charge in [-0.3, -0.25) is 4.31 Å². The summed E-state index contributed by atoms with van der Waals surface area (Å²) < 4.78 is 41.4. The molecule has 0 amide bonds. The molecular formula is C14H16FN3O4S. The lowest BCUT2D eigenvalue weighted by atomic mass is 10.2.